The van der Waals surface area contributed by atoms with E-state index in [1.165, 1.54) is 18.3 Å². The van der Waals surface area contributed by atoms with Crippen molar-refractivity contribution >= 4 is 32.8 Å². The number of pyridine rings is 2. The number of nitrogens with two attached hydrogens (primary N) is 1. The normalized spacial score (nSPS) is 15.4. The van der Waals surface area contributed by atoms with Gasteiger partial charge in [0.25, 0.3) is 5.91 Å². The number of rotatable bonds is 5. The molecule has 2 aromatic carbocycles. The van der Waals surface area contributed by atoms with Crippen molar-refractivity contribution in [2.45, 2.75) is 23.8 Å². The van der Waals surface area contributed by atoms with E-state index in [0.717, 1.165) is 10.4 Å². The van der Waals surface area contributed by atoms with E-state index in [1.807, 2.05) is 0 Å². The zero-order chi connectivity index (χ0) is 28.4. The number of carboxylic acid groups (broad SMARTS) is 1. The van der Waals surface area contributed by atoms with Crippen LogP contribution in [0.2, 0.25) is 0 Å². The zero-order valence-electron chi connectivity index (χ0n) is 20.8. The quantitative estimate of drug-likeness (QED) is 0.146. The largest absolute Gasteiger partial charge is 0.480 e. The predicted octanol–water partition coefficient (Wildman–Crippen LogP) is 2.68. The first-order valence-corrected chi connectivity index (χ1v) is 13.6. The van der Waals surface area contributed by atoms with Gasteiger partial charge in [-0.3, -0.25) is 20.0 Å². The highest BCUT2D eigenvalue weighted by molar-refractivity contribution is 7.89. The number of fused-ring (bicyclic) bond motifs is 1. The number of carbonyl (C=O) groups is 2. The lowest BCUT2D eigenvalue weighted by molar-refractivity contribution is -0.140. The van der Waals surface area contributed by atoms with Crippen molar-refractivity contribution in [3.63, 3.8) is 0 Å². The third-order valence-corrected chi connectivity index (χ3v) is 8.45. The van der Waals surface area contributed by atoms with E-state index >= 15 is 0 Å². The first kappa shape index (κ1) is 26.9. The fourth-order valence-electron chi connectivity index (χ4n) is 4.51. The molecule has 12 heteroatoms. The average molecular weight is 560 g/mol. The van der Waals surface area contributed by atoms with Crippen LogP contribution < -0.4 is 11.3 Å². The minimum Gasteiger partial charge on any atom is -0.480 e. The molecule has 1 fully saturated rings. The second-order valence-electron chi connectivity index (χ2n) is 9.00. The van der Waals surface area contributed by atoms with Crippen molar-refractivity contribution < 1.29 is 27.5 Å². The Hall–Kier alpha value is -4.70. The van der Waals surface area contributed by atoms with Crippen LogP contribution in [0, 0.1) is 17.7 Å². The van der Waals surface area contributed by atoms with Crippen LogP contribution in [0.4, 0.5) is 4.39 Å². The highest BCUT2D eigenvalue weighted by Crippen LogP contribution is 2.28. The number of carbonyl (C=O) groups excluding carboxylic acids is 1. The van der Waals surface area contributed by atoms with Crippen LogP contribution in [0.5, 0.6) is 0 Å². The van der Waals surface area contributed by atoms with E-state index in [2.05, 4.69) is 27.2 Å². The van der Waals surface area contributed by atoms with Gasteiger partial charge in [0.2, 0.25) is 10.0 Å². The second-order valence-corrected chi connectivity index (χ2v) is 10.9. The topological polar surface area (TPSA) is 156 Å². The van der Waals surface area contributed by atoms with E-state index in [9.17, 15) is 27.5 Å². The summed E-state index contributed by atoms with van der Waals surface area (Å²) in [5, 5.41) is 9.87. The summed E-state index contributed by atoms with van der Waals surface area (Å²) in [5.74, 6) is 8.34. The summed E-state index contributed by atoms with van der Waals surface area (Å²) < 4.78 is 41.5. The van der Waals surface area contributed by atoms with Gasteiger partial charge in [-0.2, -0.15) is 4.31 Å². The number of benzene rings is 2. The zero-order valence-corrected chi connectivity index (χ0v) is 21.7. The monoisotopic (exact) mass is 559 g/mol. The van der Waals surface area contributed by atoms with Crippen LogP contribution in [-0.2, 0) is 14.8 Å². The number of aliphatic carboxylic acids is 1. The highest BCUT2D eigenvalue weighted by atomic mass is 32.2. The van der Waals surface area contributed by atoms with Gasteiger partial charge in [0, 0.05) is 35.5 Å². The molecule has 1 aliphatic heterocycles. The molecule has 1 saturated heterocycles. The number of halogens is 1. The van der Waals surface area contributed by atoms with Crippen molar-refractivity contribution in [2.24, 2.45) is 5.84 Å². The summed E-state index contributed by atoms with van der Waals surface area (Å²) in [5.41, 5.74) is 4.80. The second kappa shape index (κ2) is 10.8. The molecule has 0 saturated carbocycles. The first-order valence-electron chi connectivity index (χ1n) is 12.1. The third kappa shape index (κ3) is 5.13. The summed E-state index contributed by atoms with van der Waals surface area (Å²) in [6, 6.07) is 12.4. The number of aromatic nitrogens is 2. The van der Waals surface area contributed by atoms with Crippen LogP contribution in [0.25, 0.3) is 22.2 Å². The van der Waals surface area contributed by atoms with Crippen LogP contribution in [0.1, 0.15) is 34.3 Å². The standard InChI is InChI=1S/C28H22FN5O5S/c29-23-14-20(40(38,39)34-13-1-2-26(34)28(36)37)10-9-18(23)6-3-17-4-7-19(8-5-17)25-15-21(27(35)33-30)22-16-31-12-11-24(22)32-25/h4-5,7-12,14-16,26H,1-2,13,30H2,(H,33,35)(H,36,37)/t26-/m1/s1. The molecule has 202 valence electrons. The molecule has 0 bridgehead atoms. The Kier molecular flexibility index (Phi) is 7.27. The lowest BCUT2D eigenvalue weighted by atomic mass is 10.0. The molecule has 2 aromatic heterocycles. The summed E-state index contributed by atoms with van der Waals surface area (Å²) >= 11 is 0. The Morgan fingerprint density at radius 2 is 1.88 bits per heavy atom. The number of hydrogen-bond donors (Lipinski definition) is 3. The number of hydrazine groups is 1. The maximum Gasteiger partial charge on any atom is 0.322 e. The predicted molar refractivity (Wildman–Crippen MR) is 144 cm³/mol. The van der Waals surface area contributed by atoms with Crippen molar-refractivity contribution in [3.8, 4) is 23.1 Å². The van der Waals surface area contributed by atoms with Crippen molar-refractivity contribution in [2.75, 3.05) is 6.54 Å². The van der Waals surface area contributed by atoms with Gasteiger partial charge in [-0.05, 0) is 55.3 Å². The number of hydrogen-bond acceptors (Lipinski definition) is 7. The molecular formula is C28H22FN5O5S. The number of nitrogen functional groups attached to an aromatic ring is 1. The molecule has 4 N–H and O–H groups in total. The molecule has 0 unspecified atom stereocenters. The van der Waals surface area contributed by atoms with E-state index in [0.29, 0.717) is 39.7 Å². The maximum absolute atomic E-state index is 14.8. The van der Waals surface area contributed by atoms with Gasteiger partial charge in [0.05, 0.1) is 27.2 Å². The molecule has 0 radical (unpaired) electrons. The SMILES string of the molecule is NNC(=O)c1cc(-c2ccc(C#Cc3ccc(S(=O)(=O)N4CCC[C@@H]4C(=O)O)cc3F)cc2)nc2ccncc12. The number of nitrogens with one attached hydrogen (secondary N) is 1. The number of amides is 1. The summed E-state index contributed by atoms with van der Waals surface area (Å²) in [6.07, 6.45) is 3.73. The average Bonchev–Trinajstić information content (AvgIpc) is 3.47. The minimum atomic E-state index is -4.17. The Morgan fingerprint density at radius 1 is 1.10 bits per heavy atom. The minimum absolute atomic E-state index is 0.0125. The molecule has 5 rings (SSSR count). The fourth-order valence-corrected chi connectivity index (χ4v) is 6.18. The van der Waals surface area contributed by atoms with Gasteiger partial charge >= 0.3 is 5.97 Å². The van der Waals surface area contributed by atoms with Gasteiger partial charge in [-0.25, -0.2) is 23.6 Å². The summed E-state index contributed by atoms with van der Waals surface area (Å²) in [4.78, 5) is 32.0. The first-order chi connectivity index (χ1) is 19.2. The van der Waals surface area contributed by atoms with E-state index in [4.69, 9.17) is 5.84 Å². The van der Waals surface area contributed by atoms with Crippen LogP contribution >= 0.6 is 0 Å². The van der Waals surface area contributed by atoms with Crippen LogP contribution in [0.15, 0.2) is 71.9 Å². The summed E-state index contributed by atoms with van der Waals surface area (Å²) in [6.45, 7) is 0.0614. The lowest BCUT2D eigenvalue weighted by Crippen LogP contribution is -2.40. The van der Waals surface area contributed by atoms with Crippen molar-refractivity contribution in [1.29, 1.82) is 0 Å². The highest BCUT2D eigenvalue weighted by Gasteiger charge is 2.39. The van der Waals surface area contributed by atoms with Gasteiger partial charge in [0.1, 0.15) is 11.9 Å². The third-order valence-electron chi connectivity index (χ3n) is 6.54. The smallest absolute Gasteiger partial charge is 0.322 e. The Labute approximate surface area is 228 Å². The van der Waals surface area contributed by atoms with Crippen molar-refractivity contribution in [1.82, 2.24) is 19.7 Å². The molecule has 0 aliphatic carbocycles. The molecule has 0 spiro atoms. The van der Waals surface area contributed by atoms with Crippen LogP contribution in [0.3, 0.4) is 0 Å². The van der Waals surface area contributed by atoms with Gasteiger partial charge in [-0.15, -0.1) is 0 Å². The van der Waals surface area contributed by atoms with Gasteiger partial charge < -0.3 is 5.11 Å². The van der Waals surface area contributed by atoms with Gasteiger partial charge in [0.15, 0.2) is 0 Å². The van der Waals surface area contributed by atoms with Crippen molar-refractivity contribution in [3.05, 3.63) is 89.5 Å². The Morgan fingerprint density at radius 3 is 2.58 bits per heavy atom. The Balaban J connectivity index is 1.39. The molecule has 10 nitrogen and oxygen atoms in total. The lowest BCUT2D eigenvalue weighted by Gasteiger charge is -2.21. The molecular weight excluding hydrogens is 537 g/mol. The van der Waals surface area contributed by atoms with E-state index in [-0.39, 0.29) is 23.4 Å². The van der Waals surface area contributed by atoms with Gasteiger partial charge in [-0.1, -0.05) is 24.0 Å². The molecule has 40 heavy (non-hydrogen) atoms. The van der Waals surface area contributed by atoms with E-state index in [1.54, 1.807) is 42.6 Å². The number of nitrogens with zero attached hydrogens (tertiary/aromatic N) is 3. The van der Waals surface area contributed by atoms with Crippen LogP contribution in [-0.4, -0.2) is 52.3 Å². The molecule has 1 amide bonds. The number of carboxylic acids is 1. The molecule has 1 atom stereocenters. The number of sulfonamides is 1. The fraction of sp³-hybridized carbons (Fsp3) is 0.143. The van der Waals surface area contributed by atoms with E-state index < -0.39 is 33.8 Å². The Bertz CT molecular complexity index is 1820. The molecule has 3 heterocycles. The maximum atomic E-state index is 14.8. The summed E-state index contributed by atoms with van der Waals surface area (Å²) in [7, 11) is -4.17. The molecule has 1 aliphatic rings. The molecule has 4 aromatic rings.